The maximum absolute atomic E-state index is 9.14. The zero-order valence-electron chi connectivity index (χ0n) is 10.5. The average Bonchev–Trinajstić information content (AvgIpc) is 2.88. The Labute approximate surface area is 111 Å². The first kappa shape index (κ1) is 12.6. The summed E-state index contributed by atoms with van der Waals surface area (Å²) in [5.74, 6) is 0. The number of hydrogen-bond donors (Lipinski definition) is 0. The van der Waals surface area contributed by atoms with Crippen molar-refractivity contribution in [2.75, 3.05) is 4.90 Å². The van der Waals surface area contributed by atoms with Crippen LogP contribution in [0.1, 0.15) is 24.4 Å². The summed E-state index contributed by atoms with van der Waals surface area (Å²) in [7, 11) is 0. The van der Waals surface area contributed by atoms with Crippen molar-refractivity contribution in [3.63, 3.8) is 0 Å². The van der Waals surface area contributed by atoms with Crippen molar-refractivity contribution in [2.24, 2.45) is 0 Å². The fourth-order valence-corrected chi connectivity index (χ4v) is 2.53. The van der Waals surface area contributed by atoms with Gasteiger partial charge >= 0.3 is 0 Å². The van der Waals surface area contributed by atoms with Gasteiger partial charge in [-0.1, -0.05) is 6.07 Å². The Morgan fingerprint density at radius 1 is 1.39 bits per heavy atom. The second-order valence-corrected chi connectivity index (χ2v) is 5.32. The molecule has 0 amide bonds. The third kappa shape index (κ3) is 2.69. The van der Waals surface area contributed by atoms with Crippen molar-refractivity contribution < 1.29 is 0 Å². The van der Waals surface area contributed by atoms with Crippen molar-refractivity contribution >= 4 is 17.0 Å². The number of hydrogen-bond acceptors (Lipinski definition) is 4. The Bertz CT molecular complexity index is 540. The lowest BCUT2D eigenvalue weighted by Gasteiger charge is -2.28. The maximum atomic E-state index is 9.14. The van der Waals surface area contributed by atoms with E-state index >= 15 is 0 Å². The zero-order chi connectivity index (χ0) is 13.0. The molecule has 0 aromatic carbocycles. The van der Waals surface area contributed by atoms with Crippen LogP contribution in [0.3, 0.4) is 0 Å². The number of nitriles is 1. The lowest BCUT2D eigenvalue weighted by atomic mass is 10.2. The summed E-state index contributed by atoms with van der Waals surface area (Å²) < 4.78 is 0. The van der Waals surface area contributed by atoms with E-state index in [1.54, 1.807) is 17.5 Å². The first-order chi connectivity index (χ1) is 8.72. The smallest absolute Gasteiger partial charge is 0.163 e. The highest BCUT2D eigenvalue weighted by Crippen LogP contribution is 2.24. The quantitative estimate of drug-likeness (QED) is 0.842. The minimum absolute atomic E-state index is 0.323. The van der Waals surface area contributed by atoms with Gasteiger partial charge in [0.2, 0.25) is 0 Å². The van der Waals surface area contributed by atoms with Crippen LogP contribution >= 0.6 is 11.3 Å². The molecule has 0 N–H and O–H groups in total. The molecule has 92 valence electrons. The minimum Gasteiger partial charge on any atom is -0.362 e. The van der Waals surface area contributed by atoms with Crippen LogP contribution in [-0.4, -0.2) is 11.0 Å². The second kappa shape index (κ2) is 5.65. The minimum atomic E-state index is 0.323. The molecule has 0 aliphatic heterocycles. The third-order valence-corrected chi connectivity index (χ3v) is 3.59. The molecule has 2 rings (SSSR count). The van der Waals surface area contributed by atoms with Gasteiger partial charge in [0.1, 0.15) is 6.07 Å². The summed E-state index contributed by atoms with van der Waals surface area (Å²) in [5.41, 5.74) is 1.39. The van der Waals surface area contributed by atoms with Crippen molar-refractivity contribution in [1.82, 2.24) is 4.98 Å². The van der Waals surface area contributed by atoms with Crippen LogP contribution in [0.2, 0.25) is 0 Å². The predicted octanol–water partition coefficient (Wildman–Crippen LogP) is 3.43. The van der Waals surface area contributed by atoms with E-state index < -0.39 is 0 Å². The van der Waals surface area contributed by atoms with Crippen molar-refractivity contribution in [2.45, 2.75) is 26.4 Å². The molecule has 3 nitrogen and oxygen atoms in total. The Balaban J connectivity index is 2.33. The van der Waals surface area contributed by atoms with Crippen molar-refractivity contribution in [3.8, 4) is 6.07 Å². The molecule has 4 heteroatoms. The Kier molecular flexibility index (Phi) is 3.96. The standard InChI is InChI=1S/C14H15N3S/c1-11(2)17(10-12-5-4-8-18-12)14-6-3-7-16-13(14)9-15/h3-8,11H,10H2,1-2H3. The average molecular weight is 257 g/mol. The number of anilines is 1. The van der Waals surface area contributed by atoms with Crippen LogP contribution in [0.4, 0.5) is 5.69 Å². The van der Waals surface area contributed by atoms with E-state index in [1.165, 1.54) is 4.88 Å². The fourth-order valence-electron chi connectivity index (χ4n) is 1.83. The van der Waals surface area contributed by atoms with Gasteiger partial charge in [-0.3, -0.25) is 0 Å². The molecule has 18 heavy (non-hydrogen) atoms. The highest BCUT2D eigenvalue weighted by Gasteiger charge is 2.15. The molecule has 0 unspecified atom stereocenters. The molecule has 0 radical (unpaired) electrons. The molecular formula is C14H15N3S. The highest BCUT2D eigenvalue weighted by molar-refractivity contribution is 7.09. The summed E-state index contributed by atoms with van der Waals surface area (Å²) in [5, 5.41) is 11.2. The Morgan fingerprint density at radius 3 is 2.83 bits per heavy atom. The van der Waals surface area contributed by atoms with Crippen LogP contribution in [-0.2, 0) is 6.54 Å². The molecular weight excluding hydrogens is 242 g/mol. The van der Waals surface area contributed by atoms with E-state index in [0.29, 0.717) is 11.7 Å². The normalized spacial score (nSPS) is 10.3. The number of nitrogens with zero attached hydrogens (tertiary/aromatic N) is 3. The van der Waals surface area contributed by atoms with Crippen LogP contribution in [0.15, 0.2) is 35.8 Å². The predicted molar refractivity (Wildman–Crippen MR) is 74.6 cm³/mol. The Hall–Kier alpha value is -1.86. The lowest BCUT2D eigenvalue weighted by molar-refractivity contribution is 0.684. The van der Waals surface area contributed by atoms with Gasteiger partial charge in [-0.15, -0.1) is 11.3 Å². The Morgan fingerprint density at radius 2 is 2.22 bits per heavy atom. The van der Waals surface area contributed by atoms with Crippen molar-refractivity contribution in [3.05, 3.63) is 46.4 Å². The van der Waals surface area contributed by atoms with Gasteiger partial charge in [0.15, 0.2) is 5.69 Å². The summed E-state index contributed by atoms with van der Waals surface area (Å²) in [4.78, 5) is 7.62. The second-order valence-electron chi connectivity index (χ2n) is 4.28. The molecule has 0 spiro atoms. The molecule has 0 aliphatic rings. The number of thiophene rings is 1. The van der Waals surface area contributed by atoms with E-state index in [0.717, 1.165) is 12.2 Å². The van der Waals surface area contributed by atoms with Gasteiger partial charge in [-0.2, -0.15) is 5.26 Å². The molecule has 0 saturated carbocycles. The summed E-state index contributed by atoms with van der Waals surface area (Å²) in [6, 6.07) is 10.5. The van der Waals surface area contributed by atoms with E-state index in [4.69, 9.17) is 5.26 Å². The maximum Gasteiger partial charge on any atom is 0.163 e. The van der Waals surface area contributed by atoms with E-state index in [1.807, 2.05) is 18.2 Å². The lowest BCUT2D eigenvalue weighted by Crippen LogP contribution is -2.30. The largest absolute Gasteiger partial charge is 0.362 e. The van der Waals surface area contributed by atoms with Gasteiger partial charge < -0.3 is 4.90 Å². The molecule has 2 aromatic rings. The summed E-state index contributed by atoms with van der Waals surface area (Å²) >= 11 is 1.73. The van der Waals surface area contributed by atoms with E-state index in [9.17, 15) is 0 Å². The monoisotopic (exact) mass is 257 g/mol. The van der Waals surface area contributed by atoms with Crippen molar-refractivity contribution in [1.29, 1.82) is 5.26 Å². The van der Waals surface area contributed by atoms with E-state index in [-0.39, 0.29) is 0 Å². The number of pyridine rings is 1. The molecule has 2 heterocycles. The topological polar surface area (TPSA) is 39.9 Å². The van der Waals surface area contributed by atoms with Gasteiger partial charge in [-0.25, -0.2) is 4.98 Å². The summed E-state index contributed by atoms with van der Waals surface area (Å²) in [6.45, 7) is 5.07. The SMILES string of the molecule is CC(C)N(Cc1cccs1)c1cccnc1C#N. The molecule has 0 atom stereocenters. The van der Waals surface area contributed by atoms with Gasteiger partial charge in [0.25, 0.3) is 0 Å². The van der Waals surface area contributed by atoms with E-state index in [2.05, 4.69) is 41.2 Å². The number of aromatic nitrogens is 1. The fraction of sp³-hybridized carbons (Fsp3) is 0.286. The number of rotatable bonds is 4. The van der Waals surface area contributed by atoms with Crippen LogP contribution < -0.4 is 4.90 Å². The van der Waals surface area contributed by atoms with Crippen LogP contribution in [0, 0.1) is 11.3 Å². The first-order valence-corrected chi connectivity index (χ1v) is 6.74. The summed E-state index contributed by atoms with van der Waals surface area (Å²) in [6.07, 6.45) is 1.66. The van der Waals surface area contributed by atoms with Gasteiger partial charge in [0, 0.05) is 17.1 Å². The first-order valence-electron chi connectivity index (χ1n) is 5.86. The third-order valence-electron chi connectivity index (χ3n) is 2.73. The molecule has 0 saturated heterocycles. The molecule has 0 aliphatic carbocycles. The highest BCUT2D eigenvalue weighted by atomic mass is 32.1. The molecule has 0 fully saturated rings. The van der Waals surface area contributed by atoms with Gasteiger partial charge in [0.05, 0.1) is 12.2 Å². The van der Waals surface area contributed by atoms with Crippen LogP contribution in [0.5, 0.6) is 0 Å². The van der Waals surface area contributed by atoms with Gasteiger partial charge in [-0.05, 0) is 37.4 Å². The van der Waals surface area contributed by atoms with Crippen LogP contribution in [0.25, 0.3) is 0 Å². The molecule has 2 aromatic heterocycles. The zero-order valence-corrected chi connectivity index (χ0v) is 11.3. The molecule has 0 bridgehead atoms.